The molecule has 6 aromatic rings. The molecular weight excluding hydrogens is 957 g/mol. The van der Waals surface area contributed by atoms with Crippen molar-refractivity contribution >= 4 is 103 Å². The van der Waals surface area contributed by atoms with Gasteiger partial charge in [0.25, 0.3) is 11.9 Å². The van der Waals surface area contributed by atoms with Gasteiger partial charge in [0.05, 0.1) is 21.7 Å². The molecule has 6 rings (SSSR count). The van der Waals surface area contributed by atoms with Gasteiger partial charge in [-0.15, -0.1) is 9.98 Å². The average Bonchev–Trinajstić information content (AvgIpc) is 3.20. The maximum atomic E-state index is 12.4. The summed E-state index contributed by atoms with van der Waals surface area (Å²) in [7, 11) is -10.5. The van der Waals surface area contributed by atoms with Gasteiger partial charge >= 0.3 is 118 Å². The van der Waals surface area contributed by atoms with Gasteiger partial charge in [0, 0.05) is 22.7 Å². The Labute approximate surface area is 461 Å². The summed E-state index contributed by atoms with van der Waals surface area (Å²) in [5, 5.41) is 50.8. The molecule has 32 heteroatoms. The fourth-order valence-corrected chi connectivity index (χ4v) is 6.55. The van der Waals surface area contributed by atoms with Gasteiger partial charge in [-0.25, -0.2) is 38.3 Å². The van der Waals surface area contributed by atoms with E-state index in [4.69, 9.17) is 10.5 Å². The molecule has 0 aliphatic heterocycles. The second kappa shape index (κ2) is 26.0. The van der Waals surface area contributed by atoms with Gasteiger partial charge in [0.2, 0.25) is 23.8 Å². The minimum atomic E-state index is -5.23. The van der Waals surface area contributed by atoms with Gasteiger partial charge in [-0.1, -0.05) is 48.6 Å². The van der Waals surface area contributed by atoms with E-state index in [2.05, 4.69) is 61.1 Å². The maximum Gasteiger partial charge on any atom is 1.00 e. The number of aromatic nitrogens is 6. The van der Waals surface area contributed by atoms with Gasteiger partial charge in [0.1, 0.15) is 20.2 Å². The first-order valence-corrected chi connectivity index (χ1v) is 19.5. The van der Waals surface area contributed by atoms with Crippen LogP contribution in [0.2, 0.25) is 0 Å². The molecule has 0 bridgehead atoms. The molecule has 2 heterocycles. The first kappa shape index (κ1) is 58.2. The monoisotopic (exact) mass is 980 g/mol. The number of aromatic carboxylic acids is 2. The summed E-state index contributed by atoms with van der Waals surface area (Å²) in [6.07, 6.45) is 2.14. The summed E-state index contributed by atoms with van der Waals surface area (Å²) in [6.45, 7) is 0. The zero-order valence-corrected chi connectivity index (χ0v) is 44.2. The molecule has 0 saturated heterocycles. The minimum Gasteiger partial charge on any atom is -0.744 e. The van der Waals surface area contributed by atoms with Crippen LogP contribution in [-0.2, 0) is 30.2 Å². The van der Waals surface area contributed by atoms with Crippen LogP contribution in [0.25, 0.3) is 12.2 Å². The summed E-state index contributed by atoms with van der Waals surface area (Å²) in [6, 6.07) is 17.2. The smallest absolute Gasteiger partial charge is 0.744 e. The Hall–Kier alpha value is -3.96. The van der Waals surface area contributed by atoms with Gasteiger partial charge in [0.15, 0.2) is 0 Å². The molecule has 320 valence electrons. The number of hydrogen-bond acceptors (Lipinski definition) is 26. The van der Waals surface area contributed by atoms with Crippen molar-refractivity contribution in [2.45, 2.75) is 9.79 Å². The molecule has 0 spiro atoms. The van der Waals surface area contributed by atoms with Crippen LogP contribution in [-0.4, -0.2) is 78.3 Å². The largest absolute Gasteiger partial charge is 1.00 e. The topological polar surface area (TPSA) is 403 Å². The van der Waals surface area contributed by atoms with E-state index in [1.54, 1.807) is 0 Å². The zero-order valence-electron chi connectivity index (χ0n) is 34.5. The Balaban J connectivity index is 0.00000374. The van der Waals surface area contributed by atoms with Crippen molar-refractivity contribution in [1.29, 1.82) is 0 Å². The number of carboxylic acid groups (broad SMARTS) is 2. The number of carbonyl (C=O) groups is 2. The standard InChI is InChI=1S/C34H28N12O14S2.4Na/c47-27(48)19-5-9-21(10-6-19)35-29-39-31(43-33(41-29)45-59-51)37-23-13-3-17(25(15-23)61(53,54)55)1-2-18-4-14-24(16-26(18)62(56,57)58)38-32-40-30(42-34(44-32)46-60-52)36-22-11-7-20(8-12-22)28(49)50;;;;/h1-16,51-52H,(H,47,48)(H,49,50)(H,53,54,55)(H,56,57,58)(H3,35,37,39,41,43,45)(H3,36,38,40,42,44,46);;;;/q;4*+1/p-4. The third-order valence-electron chi connectivity index (χ3n) is 7.82. The number of anilines is 10. The van der Waals surface area contributed by atoms with Crippen LogP contribution in [0.15, 0.2) is 94.7 Å². The molecular formula is C34H24N12Na4O14S2. The van der Waals surface area contributed by atoms with Crippen molar-refractivity contribution in [2.24, 2.45) is 0 Å². The number of nitrogens with zero attached hydrogens (tertiary/aromatic N) is 6. The van der Waals surface area contributed by atoms with Crippen molar-refractivity contribution in [2.75, 3.05) is 32.2 Å². The van der Waals surface area contributed by atoms with Crippen LogP contribution in [0.1, 0.15) is 31.8 Å². The van der Waals surface area contributed by atoms with Gasteiger partial charge in [-0.2, -0.15) is 29.9 Å². The molecule has 0 atom stereocenters. The molecule has 2 aromatic heterocycles. The van der Waals surface area contributed by atoms with E-state index in [0.29, 0.717) is 11.4 Å². The number of nitrogens with one attached hydrogen (secondary N) is 6. The summed E-state index contributed by atoms with van der Waals surface area (Å²) in [4.78, 5) is 52.4. The quantitative estimate of drug-likeness (QED) is 0.0130. The van der Waals surface area contributed by atoms with Crippen LogP contribution >= 0.6 is 0 Å². The molecule has 26 nitrogen and oxygen atoms in total. The summed E-state index contributed by atoms with van der Waals surface area (Å²) in [5.41, 5.74) is 3.77. The molecule has 0 amide bonds. The second-order valence-electron chi connectivity index (χ2n) is 12.0. The molecule has 0 fully saturated rings. The van der Waals surface area contributed by atoms with Crippen molar-refractivity contribution in [3.05, 3.63) is 107 Å². The normalized spacial score (nSPS) is 10.8. The maximum absolute atomic E-state index is 12.4. The van der Waals surface area contributed by atoms with Gasteiger partial charge in [-0.05, 0) is 70.8 Å². The third-order valence-corrected chi connectivity index (χ3v) is 9.60. The van der Waals surface area contributed by atoms with Crippen LogP contribution in [0.5, 0.6) is 0 Å². The molecule has 66 heavy (non-hydrogen) atoms. The Bertz CT molecular complexity index is 2730. The first-order valence-electron chi connectivity index (χ1n) is 16.7. The predicted octanol–water partition coefficient (Wildman–Crippen LogP) is -10.6. The molecule has 0 saturated carbocycles. The SMILES string of the molecule is O=C([O-])c1ccc(Nc2nc(NOO)nc(Nc3ccc(C=Cc4ccc(Nc5nc(NOO)nc(Nc6ccc(C(=O)[O-])cc6)n5)cc4S(=O)(=O)[O-])c(S(=O)(=O)[O-])c3)n2)cc1.[Na+].[Na+].[Na+].[Na+]. The van der Waals surface area contributed by atoms with E-state index in [0.717, 1.165) is 24.3 Å². The van der Waals surface area contributed by atoms with E-state index in [1.807, 2.05) is 11.0 Å². The number of carboxylic acids is 2. The molecule has 4 aromatic carbocycles. The minimum absolute atomic E-state index is 0. The van der Waals surface area contributed by atoms with Crippen molar-refractivity contribution in [1.82, 2.24) is 29.9 Å². The molecule has 0 aliphatic rings. The van der Waals surface area contributed by atoms with E-state index >= 15 is 0 Å². The Morgan fingerprint density at radius 3 is 1.02 bits per heavy atom. The number of benzene rings is 4. The Morgan fingerprint density at radius 2 is 0.742 bits per heavy atom. The molecule has 0 unspecified atom stereocenters. The fourth-order valence-electron chi connectivity index (χ4n) is 5.16. The number of rotatable bonds is 18. The van der Waals surface area contributed by atoms with Crippen molar-refractivity contribution in [3.8, 4) is 0 Å². The number of carbonyl (C=O) groups excluding carboxylic acids is 2. The van der Waals surface area contributed by atoms with Crippen LogP contribution in [0.3, 0.4) is 0 Å². The third kappa shape index (κ3) is 16.4. The Morgan fingerprint density at radius 1 is 0.470 bits per heavy atom. The van der Waals surface area contributed by atoms with Crippen LogP contribution < -0.4 is 161 Å². The van der Waals surface area contributed by atoms with E-state index in [-0.39, 0.29) is 188 Å². The van der Waals surface area contributed by atoms with Crippen molar-refractivity contribution < 1.29 is 184 Å². The van der Waals surface area contributed by atoms with E-state index < -0.39 is 42.0 Å². The zero-order chi connectivity index (χ0) is 44.6. The summed E-state index contributed by atoms with van der Waals surface area (Å²) < 4.78 is 74.5. The van der Waals surface area contributed by atoms with Crippen LogP contribution in [0, 0.1) is 0 Å². The summed E-state index contributed by atoms with van der Waals surface area (Å²) >= 11 is 0. The second-order valence-corrected chi connectivity index (χ2v) is 14.7. The van der Waals surface area contributed by atoms with E-state index in [1.165, 1.54) is 72.8 Å². The molecule has 0 aliphatic carbocycles. The Kier molecular flexibility index (Phi) is 22.9. The first-order chi connectivity index (χ1) is 29.5. The average molecular weight is 981 g/mol. The van der Waals surface area contributed by atoms with Gasteiger partial charge < -0.3 is 50.2 Å². The molecule has 0 radical (unpaired) electrons. The van der Waals surface area contributed by atoms with Crippen LogP contribution in [0.4, 0.5) is 58.4 Å². The molecule has 8 N–H and O–H groups in total. The van der Waals surface area contributed by atoms with Gasteiger partial charge in [-0.3, -0.25) is 0 Å². The van der Waals surface area contributed by atoms with Crippen molar-refractivity contribution in [3.63, 3.8) is 0 Å². The fraction of sp³-hybridized carbons (Fsp3) is 0. The number of hydrogen-bond donors (Lipinski definition) is 8. The summed E-state index contributed by atoms with van der Waals surface area (Å²) in [5.74, 6) is -4.48. The van der Waals surface area contributed by atoms with E-state index in [9.17, 15) is 45.7 Å². The predicted molar refractivity (Wildman–Crippen MR) is 207 cm³/mol.